The van der Waals surface area contributed by atoms with E-state index in [1.165, 1.54) is 10.4 Å². The second-order valence-corrected chi connectivity index (χ2v) is 6.33. The molecule has 0 spiro atoms. The fraction of sp³-hybridized carbons (Fsp3) is 0.333. The first-order chi connectivity index (χ1) is 9.20. The van der Waals surface area contributed by atoms with E-state index < -0.39 is 0 Å². The molecule has 2 N–H and O–H groups in total. The molecule has 1 heterocycles. The van der Waals surface area contributed by atoms with Gasteiger partial charge in [-0.25, -0.2) is 0 Å². The van der Waals surface area contributed by atoms with Crippen LogP contribution >= 0.6 is 27.3 Å². The summed E-state index contributed by atoms with van der Waals surface area (Å²) in [6, 6.07) is 10.8. The fourth-order valence-electron chi connectivity index (χ4n) is 2.03. The molecule has 4 heteroatoms. The molecule has 0 aliphatic heterocycles. The van der Waals surface area contributed by atoms with Crippen molar-refractivity contribution >= 4 is 33.0 Å². The van der Waals surface area contributed by atoms with Crippen molar-refractivity contribution in [3.63, 3.8) is 0 Å². The Kier molecular flexibility index (Phi) is 5.43. The van der Waals surface area contributed by atoms with Crippen molar-refractivity contribution < 1.29 is 5.11 Å². The van der Waals surface area contributed by atoms with Crippen molar-refractivity contribution in [3.05, 3.63) is 50.6 Å². The van der Waals surface area contributed by atoms with Crippen molar-refractivity contribution in [1.82, 2.24) is 0 Å². The summed E-state index contributed by atoms with van der Waals surface area (Å²) in [5, 5.41) is 14.5. The van der Waals surface area contributed by atoms with Gasteiger partial charge in [0.1, 0.15) is 0 Å². The van der Waals surface area contributed by atoms with Crippen molar-refractivity contribution in [1.29, 1.82) is 0 Å². The summed E-state index contributed by atoms with van der Waals surface area (Å²) in [4.78, 5) is 1.31. The molecule has 0 saturated heterocycles. The molecule has 0 bridgehead atoms. The van der Waals surface area contributed by atoms with Gasteiger partial charge in [0.25, 0.3) is 0 Å². The highest BCUT2D eigenvalue weighted by Gasteiger charge is 2.10. The number of halogens is 1. The van der Waals surface area contributed by atoms with E-state index in [1.807, 2.05) is 0 Å². The minimum atomic E-state index is 0.246. The lowest BCUT2D eigenvalue weighted by Gasteiger charge is -2.15. The van der Waals surface area contributed by atoms with Gasteiger partial charge in [0.15, 0.2) is 0 Å². The molecule has 0 amide bonds. The number of benzene rings is 1. The highest BCUT2D eigenvalue weighted by Crippen LogP contribution is 2.31. The molecule has 0 aliphatic rings. The SMILES string of the molecule is CC(Nc1cccc(CCCO)c1)c1sccc1Br. The van der Waals surface area contributed by atoms with Gasteiger partial charge in [0.2, 0.25) is 0 Å². The second-order valence-electron chi connectivity index (χ2n) is 4.53. The molecule has 0 fully saturated rings. The summed E-state index contributed by atoms with van der Waals surface area (Å²) >= 11 is 5.32. The van der Waals surface area contributed by atoms with E-state index in [9.17, 15) is 0 Å². The first-order valence-corrected chi connectivity index (χ1v) is 8.07. The summed E-state index contributed by atoms with van der Waals surface area (Å²) in [6.07, 6.45) is 1.73. The quantitative estimate of drug-likeness (QED) is 0.805. The molecule has 1 aromatic carbocycles. The van der Waals surface area contributed by atoms with E-state index in [-0.39, 0.29) is 12.6 Å². The molecular formula is C15H18BrNOS. The first-order valence-electron chi connectivity index (χ1n) is 6.40. The highest BCUT2D eigenvalue weighted by molar-refractivity contribution is 9.10. The molecule has 2 nitrogen and oxygen atoms in total. The molecule has 2 rings (SSSR count). The molecule has 102 valence electrons. The fourth-order valence-corrected chi connectivity index (χ4v) is 3.76. The van der Waals surface area contributed by atoms with Crippen LogP contribution in [0.2, 0.25) is 0 Å². The zero-order valence-electron chi connectivity index (χ0n) is 10.9. The average Bonchev–Trinajstić information content (AvgIpc) is 2.83. The Bertz CT molecular complexity index is 526. The summed E-state index contributed by atoms with van der Waals surface area (Å²) in [5.41, 5.74) is 2.39. The lowest BCUT2D eigenvalue weighted by atomic mass is 10.1. The predicted octanol–water partition coefficient (Wildman–Crippen LogP) is 4.61. The lowest BCUT2D eigenvalue weighted by Crippen LogP contribution is -2.05. The molecule has 0 saturated carbocycles. The first kappa shape index (κ1) is 14.6. The third-order valence-corrected chi connectivity index (χ3v) is 5.03. The molecule has 0 radical (unpaired) electrons. The van der Waals surface area contributed by atoms with Gasteiger partial charge in [-0.1, -0.05) is 12.1 Å². The second kappa shape index (κ2) is 7.08. The zero-order chi connectivity index (χ0) is 13.7. The Hall–Kier alpha value is -0.840. The van der Waals surface area contributed by atoms with Crippen LogP contribution in [0.25, 0.3) is 0 Å². The van der Waals surface area contributed by atoms with Crippen molar-refractivity contribution in [3.8, 4) is 0 Å². The Labute approximate surface area is 126 Å². The van der Waals surface area contributed by atoms with Crippen LogP contribution < -0.4 is 5.32 Å². The molecule has 19 heavy (non-hydrogen) atoms. The molecule has 1 atom stereocenters. The third kappa shape index (κ3) is 4.06. The van der Waals surface area contributed by atoms with E-state index in [1.54, 1.807) is 11.3 Å². The summed E-state index contributed by atoms with van der Waals surface area (Å²) < 4.78 is 1.16. The Balaban J connectivity index is 2.04. The van der Waals surface area contributed by atoms with Crippen molar-refractivity contribution in [2.45, 2.75) is 25.8 Å². The van der Waals surface area contributed by atoms with E-state index in [2.05, 4.69) is 63.9 Å². The summed E-state index contributed by atoms with van der Waals surface area (Å²) in [7, 11) is 0. The van der Waals surface area contributed by atoms with Crippen LogP contribution in [0, 0.1) is 0 Å². The number of nitrogens with one attached hydrogen (secondary N) is 1. The number of rotatable bonds is 6. The molecule has 2 aromatic rings. The van der Waals surface area contributed by atoms with Crippen LogP contribution in [0.3, 0.4) is 0 Å². The zero-order valence-corrected chi connectivity index (χ0v) is 13.3. The maximum absolute atomic E-state index is 8.88. The van der Waals surface area contributed by atoms with Gasteiger partial charge in [-0.2, -0.15) is 0 Å². The van der Waals surface area contributed by atoms with Gasteiger partial charge >= 0.3 is 0 Å². The van der Waals surface area contributed by atoms with E-state index in [0.717, 1.165) is 23.0 Å². The largest absolute Gasteiger partial charge is 0.396 e. The van der Waals surface area contributed by atoms with Crippen LogP contribution in [0.15, 0.2) is 40.2 Å². The minimum Gasteiger partial charge on any atom is -0.396 e. The van der Waals surface area contributed by atoms with Crippen molar-refractivity contribution in [2.75, 3.05) is 11.9 Å². The Morgan fingerprint density at radius 3 is 2.89 bits per heavy atom. The average molecular weight is 340 g/mol. The molecule has 1 unspecified atom stereocenters. The Morgan fingerprint density at radius 2 is 2.21 bits per heavy atom. The number of anilines is 1. The van der Waals surface area contributed by atoms with Crippen LogP contribution in [0.4, 0.5) is 5.69 Å². The standard InChI is InChI=1S/C15H18BrNOS/c1-11(15-14(16)7-9-19-15)17-13-6-2-4-12(10-13)5-3-8-18/h2,4,6-7,9-11,17-18H,3,5,8H2,1H3. The van der Waals surface area contributed by atoms with Gasteiger partial charge in [0, 0.05) is 21.6 Å². The monoisotopic (exact) mass is 339 g/mol. The minimum absolute atomic E-state index is 0.246. The van der Waals surface area contributed by atoms with E-state index in [0.29, 0.717) is 0 Å². The van der Waals surface area contributed by atoms with Gasteiger partial charge in [-0.15, -0.1) is 11.3 Å². The van der Waals surface area contributed by atoms with Gasteiger partial charge in [0.05, 0.1) is 6.04 Å². The van der Waals surface area contributed by atoms with E-state index >= 15 is 0 Å². The van der Waals surface area contributed by atoms with Gasteiger partial charge < -0.3 is 10.4 Å². The normalized spacial score (nSPS) is 12.4. The molecule has 1 aromatic heterocycles. The lowest BCUT2D eigenvalue weighted by molar-refractivity contribution is 0.288. The summed E-state index contributed by atoms with van der Waals surface area (Å²) in [5.74, 6) is 0. The number of hydrogen-bond donors (Lipinski definition) is 2. The number of aliphatic hydroxyl groups is 1. The summed E-state index contributed by atoms with van der Waals surface area (Å²) in [6.45, 7) is 2.41. The Morgan fingerprint density at radius 1 is 1.37 bits per heavy atom. The number of thiophene rings is 1. The number of aliphatic hydroxyl groups excluding tert-OH is 1. The van der Waals surface area contributed by atoms with Crippen LogP contribution in [-0.4, -0.2) is 11.7 Å². The smallest absolute Gasteiger partial charge is 0.0589 e. The highest BCUT2D eigenvalue weighted by atomic mass is 79.9. The number of aryl methyl sites for hydroxylation is 1. The number of hydrogen-bond acceptors (Lipinski definition) is 3. The van der Waals surface area contributed by atoms with Crippen LogP contribution in [0.5, 0.6) is 0 Å². The third-order valence-electron chi connectivity index (χ3n) is 2.97. The molecule has 0 aliphatic carbocycles. The maximum Gasteiger partial charge on any atom is 0.0589 e. The van der Waals surface area contributed by atoms with Gasteiger partial charge in [-0.3, -0.25) is 0 Å². The van der Waals surface area contributed by atoms with Crippen molar-refractivity contribution in [2.24, 2.45) is 0 Å². The topological polar surface area (TPSA) is 32.3 Å². The predicted molar refractivity (Wildman–Crippen MR) is 85.9 cm³/mol. The van der Waals surface area contributed by atoms with E-state index in [4.69, 9.17) is 5.11 Å². The van der Waals surface area contributed by atoms with Crippen LogP contribution in [-0.2, 0) is 6.42 Å². The molecular weight excluding hydrogens is 322 g/mol. The maximum atomic E-state index is 8.88. The van der Waals surface area contributed by atoms with Gasteiger partial charge in [-0.05, 0) is 64.8 Å². The van der Waals surface area contributed by atoms with Crippen LogP contribution in [0.1, 0.15) is 29.8 Å².